The number of hydrogen-bond donors (Lipinski definition) is 0. The summed E-state index contributed by atoms with van der Waals surface area (Å²) in [5.41, 5.74) is 2.50. The van der Waals surface area contributed by atoms with Gasteiger partial charge in [0.25, 0.3) is 0 Å². The number of Topliss-reactive ketones (excluding diaryl/α,β-unsaturated/α-hetero) is 1. The van der Waals surface area contributed by atoms with Crippen LogP contribution in [0.15, 0.2) is 30.5 Å². The third-order valence-electron chi connectivity index (χ3n) is 2.67. The fourth-order valence-corrected chi connectivity index (χ4v) is 2.53. The topological polar surface area (TPSA) is 33.2 Å². The first-order valence-electron chi connectivity index (χ1n) is 5.79. The Morgan fingerprint density at radius 1 is 1.44 bits per heavy atom. The number of hydrogen-bond acceptors (Lipinski definition) is 4. The molecule has 0 aliphatic heterocycles. The largest absolute Gasteiger partial charge is 0.347 e. The lowest BCUT2D eigenvalue weighted by Crippen LogP contribution is -2.15. The number of nitrogens with zero attached hydrogens (tertiary/aromatic N) is 2. The molecule has 94 valence electrons. The van der Waals surface area contributed by atoms with E-state index in [0.29, 0.717) is 4.88 Å². The van der Waals surface area contributed by atoms with Crippen molar-refractivity contribution < 1.29 is 4.79 Å². The smallest absolute Gasteiger partial charge is 0.185 e. The number of benzene rings is 1. The standard InChI is InChI=1S/C14H16N2OS/c1-10-5-4-6-12(7-10)9-16(3)14-15-8-13(18-14)11(2)17/h4-8H,9H2,1-3H3. The number of thiazole rings is 1. The summed E-state index contributed by atoms with van der Waals surface area (Å²) >= 11 is 1.44. The summed E-state index contributed by atoms with van der Waals surface area (Å²) in [5.74, 6) is 0.0719. The summed E-state index contributed by atoms with van der Waals surface area (Å²) in [5, 5.41) is 0.877. The molecule has 4 heteroatoms. The fraction of sp³-hybridized carbons (Fsp3) is 0.286. The number of aryl methyl sites for hydroxylation is 1. The lowest BCUT2D eigenvalue weighted by atomic mass is 10.1. The van der Waals surface area contributed by atoms with Crippen molar-refractivity contribution in [2.45, 2.75) is 20.4 Å². The van der Waals surface area contributed by atoms with Crippen molar-refractivity contribution in [2.75, 3.05) is 11.9 Å². The first kappa shape index (κ1) is 12.8. The van der Waals surface area contributed by atoms with E-state index in [0.717, 1.165) is 11.7 Å². The Labute approximate surface area is 111 Å². The van der Waals surface area contributed by atoms with Crippen LogP contribution in [0.1, 0.15) is 27.7 Å². The molecule has 0 radical (unpaired) electrons. The highest BCUT2D eigenvalue weighted by Gasteiger charge is 2.10. The number of ketones is 1. The predicted molar refractivity (Wildman–Crippen MR) is 75.4 cm³/mol. The van der Waals surface area contributed by atoms with Gasteiger partial charge in [-0.05, 0) is 12.5 Å². The second kappa shape index (κ2) is 5.31. The van der Waals surface area contributed by atoms with Gasteiger partial charge in [0.2, 0.25) is 0 Å². The van der Waals surface area contributed by atoms with Crippen LogP contribution in [0.3, 0.4) is 0 Å². The van der Waals surface area contributed by atoms with E-state index in [2.05, 4.69) is 41.1 Å². The molecule has 18 heavy (non-hydrogen) atoms. The third kappa shape index (κ3) is 2.96. The van der Waals surface area contributed by atoms with Crippen LogP contribution >= 0.6 is 11.3 Å². The van der Waals surface area contributed by atoms with Gasteiger partial charge in [0.1, 0.15) is 0 Å². The van der Waals surface area contributed by atoms with Crippen molar-refractivity contribution in [3.05, 3.63) is 46.5 Å². The maximum Gasteiger partial charge on any atom is 0.185 e. The van der Waals surface area contributed by atoms with Crippen molar-refractivity contribution in [2.24, 2.45) is 0 Å². The third-order valence-corrected chi connectivity index (χ3v) is 3.88. The summed E-state index contributed by atoms with van der Waals surface area (Å²) in [7, 11) is 1.99. The number of carbonyl (C=O) groups excluding carboxylic acids is 1. The second-order valence-electron chi connectivity index (χ2n) is 4.41. The fourth-order valence-electron chi connectivity index (χ4n) is 1.76. The lowest BCUT2D eigenvalue weighted by Gasteiger charge is -2.15. The Kier molecular flexibility index (Phi) is 3.77. The molecule has 1 heterocycles. The lowest BCUT2D eigenvalue weighted by molar-refractivity contribution is 0.102. The SMILES string of the molecule is CC(=O)c1cnc(N(C)Cc2cccc(C)c2)s1. The van der Waals surface area contributed by atoms with E-state index in [4.69, 9.17) is 0 Å². The van der Waals surface area contributed by atoms with Gasteiger partial charge >= 0.3 is 0 Å². The van der Waals surface area contributed by atoms with E-state index in [1.807, 2.05) is 7.05 Å². The van der Waals surface area contributed by atoms with Gasteiger partial charge in [-0.25, -0.2) is 4.98 Å². The monoisotopic (exact) mass is 260 g/mol. The van der Waals surface area contributed by atoms with Crippen LogP contribution in [-0.4, -0.2) is 17.8 Å². The van der Waals surface area contributed by atoms with Crippen LogP contribution in [0.25, 0.3) is 0 Å². The summed E-state index contributed by atoms with van der Waals surface area (Å²) in [6.45, 7) is 4.45. The molecule has 2 rings (SSSR count). The normalized spacial score (nSPS) is 10.4. The number of rotatable bonds is 4. The number of aromatic nitrogens is 1. The summed E-state index contributed by atoms with van der Waals surface area (Å²) in [6, 6.07) is 8.40. The molecular weight excluding hydrogens is 244 g/mol. The Balaban J connectivity index is 2.11. The quantitative estimate of drug-likeness (QED) is 0.791. The highest BCUT2D eigenvalue weighted by atomic mass is 32.1. The molecule has 1 aromatic carbocycles. The van der Waals surface area contributed by atoms with Crippen LogP contribution < -0.4 is 4.90 Å². The van der Waals surface area contributed by atoms with Crippen LogP contribution in [0.5, 0.6) is 0 Å². The highest BCUT2D eigenvalue weighted by molar-refractivity contribution is 7.17. The Hall–Kier alpha value is -1.68. The molecule has 0 fully saturated rings. The van der Waals surface area contributed by atoms with Gasteiger partial charge in [-0.1, -0.05) is 41.2 Å². The maximum absolute atomic E-state index is 11.2. The van der Waals surface area contributed by atoms with Crippen LogP contribution in [0.2, 0.25) is 0 Å². The molecule has 0 aliphatic carbocycles. The zero-order chi connectivity index (χ0) is 13.1. The number of anilines is 1. The molecule has 0 saturated heterocycles. The minimum Gasteiger partial charge on any atom is -0.347 e. The maximum atomic E-state index is 11.2. The zero-order valence-electron chi connectivity index (χ0n) is 10.8. The van der Waals surface area contributed by atoms with Crippen LogP contribution in [0.4, 0.5) is 5.13 Å². The first-order valence-corrected chi connectivity index (χ1v) is 6.61. The molecule has 0 N–H and O–H groups in total. The van der Waals surface area contributed by atoms with Crippen molar-refractivity contribution in [3.8, 4) is 0 Å². The van der Waals surface area contributed by atoms with E-state index >= 15 is 0 Å². The molecule has 0 bridgehead atoms. The summed E-state index contributed by atoms with van der Waals surface area (Å²) in [4.78, 5) is 18.3. The predicted octanol–water partition coefficient (Wildman–Crippen LogP) is 3.29. The molecule has 0 unspecified atom stereocenters. The Morgan fingerprint density at radius 3 is 2.83 bits per heavy atom. The van der Waals surface area contributed by atoms with Gasteiger partial charge in [0, 0.05) is 20.5 Å². The molecule has 3 nitrogen and oxygen atoms in total. The van der Waals surface area contributed by atoms with Gasteiger partial charge in [-0.2, -0.15) is 0 Å². The van der Waals surface area contributed by atoms with E-state index in [9.17, 15) is 4.79 Å². The average molecular weight is 260 g/mol. The first-order chi connectivity index (χ1) is 8.56. The van der Waals surface area contributed by atoms with E-state index in [1.54, 1.807) is 13.1 Å². The van der Waals surface area contributed by atoms with E-state index in [1.165, 1.54) is 22.5 Å². The Morgan fingerprint density at radius 2 is 2.22 bits per heavy atom. The van der Waals surface area contributed by atoms with Gasteiger partial charge < -0.3 is 4.90 Å². The highest BCUT2D eigenvalue weighted by Crippen LogP contribution is 2.23. The molecular formula is C14H16N2OS. The van der Waals surface area contributed by atoms with Gasteiger partial charge in [-0.15, -0.1) is 0 Å². The van der Waals surface area contributed by atoms with Crippen molar-refractivity contribution >= 4 is 22.3 Å². The minimum atomic E-state index is 0.0719. The van der Waals surface area contributed by atoms with Crippen LogP contribution in [0, 0.1) is 6.92 Å². The molecule has 0 atom stereocenters. The van der Waals surface area contributed by atoms with Gasteiger partial charge in [0.15, 0.2) is 10.9 Å². The minimum absolute atomic E-state index is 0.0719. The van der Waals surface area contributed by atoms with E-state index in [-0.39, 0.29) is 5.78 Å². The van der Waals surface area contributed by atoms with Crippen molar-refractivity contribution in [3.63, 3.8) is 0 Å². The molecule has 0 spiro atoms. The van der Waals surface area contributed by atoms with Gasteiger partial charge in [0.05, 0.1) is 11.1 Å². The van der Waals surface area contributed by atoms with Crippen LogP contribution in [-0.2, 0) is 6.54 Å². The molecule has 0 aliphatic rings. The molecule has 0 saturated carbocycles. The molecule has 0 amide bonds. The summed E-state index contributed by atoms with van der Waals surface area (Å²) in [6.07, 6.45) is 1.65. The van der Waals surface area contributed by atoms with Crippen molar-refractivity contribution in [1.82, 2.24) is 4.98 Å². The molecule has 2 aromatic rings. The van der Waals surface area contributed by atoms with E-state index < -0.39 is 0 Å². The number of carbonyl (C=O) groups is 1. The second-order valence-corrected chi connectivity index (χ2v) is 5.42. The van der Waals surface area contributed by atoms with Gasteiger partial charge in [-0.3, -0.25) is 4.79 Å². The Bertz CT molecular complexity index is 562. The molecule has 1 aromatic heterocycles. The summed E-state index contributed by atoms with van der Waals surface area (Å²) < 4.78 is 0. The average Bonchev–Trinajstić information content (AvgIpc) is 2.78. The zero-order valence-corrected chi connectivity index (χ0v) is 11.6. The van der Waals surface area contributed by atoms with Crippen molar-refractivity contribution in [1.29, 1.82) is 0 Å².